The van der Waals surface area contributed by atoms with Crippen molar-refractivity contribution in [2.45, 2.75) is 19.0 Å². The zero-order chi connectivity index (χ0) is 10.7. The number of nitrogens with two attached hydrogens (primary N) is 1. The van der Waals surface area contributed by atoms with Crippen molar-refractivity contribution < 1.29 is 9.53 Å². The molecule has 1 aromatic rings. The lowest BCUT2D eigenvalue weighted by Gasteiger charge is -2.23. The van der Waals surface area contributed by atoms with E-state index in [1.54, 1.807) is 0 Å². The minimum absolute atomic E-state index is 0.0535. The lowest BCUT2D eigenvalue weighted by atomic mass is 10.0. The molecule has 80 valence electrons. The van der Waals surface area contributed by atoms with Crippen molar-refractivity contribution in [1.29, 1.82) is 0 Å². The summed E-state index contributed by atoms with van der Waals surface area (Å²) in [4.78, 5) is 11.0. The van der Waals surface area contributed by atoms with Gasteiger partial charge in [0.2, 0.25) is 0 Å². The topological polar surface area (TPSA) is 64.3 Å². The molecule has 1 saturated heterocycles. The Hall–Kier alpha value is -1.55. The van der Waals surface area contributed by atoms with Crippen molar-refractivity contribution in [2.75, 3.05) is 6.61 Å². The normalized spacial score (nSPS) is 20.6. The van der Waals surface area contributed by atoms with E-state index in [4.69, 9.17) is 10.5 Å². The Morgan fingerprint density at radius 3 is 3.13 bits per heavy atom. The SMILES string of the molecule is NCc1cccc(C2CCOC(=O)N2)c1. The first-order valence-electron chi connectivity index (χ1n) is 5.02. The first kappa shape index (κ1) is 9.98. The molecule has 1 aliphatic rings. The lowest BCUT2D eigenvalue weighted by molar-refractivity contribution is 0.115. The highest BCUT2D eigenvalue weighted by molar-refractivity contribution is 5.68. The summed E-state index contributed by atoms with van der Waals surface area (Å²) in [6.45, 7) is 0.994. The van der Waals surface area contributed by atoms with E-state index >= 15 is 0 Å². The Bertz CT molecular complexity index is 365. The van der Waals surface area contributed by atoms with Crippen LogP contribution in [0.3, 0.4) is 0 Å². The van der Waals surface area contributed by atoms with E-state index < -0.39 is 0 Å². The van der Waals surface area contributed by atoms with Gasteiger partial charge >= 0.3 is 6.09 Å². The summed E-state index contributed by atoms with van der Waals surface area (Å²) >= 11 is 0. The van der Waals surface area contributed by atoms with Crippen LogP contribution >= 0.6 is 0 Å². The molecule has 15 heavy (non-hydrogen) atoms. The second kappa shape index (κ2) is 4.31. The molecule has 1 atom stereocenters. The molecule has 1 aliphatic heterocycles. The van der Waals surface area contributed by atoms with Crippen LogP contribution in [0.4, 0.5) is 4.79 Å². The molecule has 1 amide bonds. The molecule has 1 heterocycles. The van der Waals surface area contributed by atoms with Crippen LogP contribution in [0.25, 0.3) is 0 Å². The van der Waals surface area contributed by atoms with Crippen molar-refractivity contribution in [3.8, 4) is 0 Å². The summed E-state index contributed by atoms with van der Waals surface area (Å²) in [5.74, 6) is 0. The van der Waals surface area contributed by atoms with Gasteiger partial charge < -0.3 is 15.8 Å². The molecule has 0 spiro atoms. The van der Waals surface area contributed by atoms with Crippen molar-refractivity contribution >= 4 is 6.09 Å². The van der Waals surface area contributed by atoms with E-state index in [-0.39, 0.29) is 12.1 Å². The molecule has 0 aromatic heterocycles. The second-order valence-corrected chi connectivity index (χ2v) is 3.57. The van der Waals surface area contributed by atoms with Gasteiger partial charge in [0.25, 0.3) is 0 Å². The zero-order valence-corrected chi connectivity index (χ0v) is 8.40. The quantitative estimate of drug-likeness (QED) is 0.767. The lowest BCUT2D eigenvalue weighted by Crippen LogP contribution is -2.35. The van der Waals surface area contributed by atoms with Crippen LogP contribution in [-0.4, -0.2) is 12.7 Å². The van der Waals surface area contributed by atoms with E-state index in [0.717, 1.165) is 17.5 Å². The monoisotopic (exact) mass is 206 g/mol. The largest absolute Gasteiger partial charge is 0.449 e. The molecular weight excluding hydrogens is 192 g/mol. The van der Waals surface area contributed by atoms with E-state index in [1.807, 2.05) is 24.3 Å². The van der Waals surface area contributed by atoms with Gasteiger partial charge in [0.15, 0.2) is 0 Å². The van der Waals surface area contributed by atoms with Gasteiger partial charge in [-0.3, -0.25) is 0 Å². The van der Waals surface area contributed by atoms with Crippen LogP contribution < -0.4 is 11.1 Å². The van der Waals surface area contributed by atoms with Gasteiger partial charge in [0.05, 0.1) is 12.6 Å². The zero-order valence-electron chi connectivity index (χ0n) is 8.40. The van der Waals surface area contributed by atoms with Crippen molar-refractivity contribution in [1.82, 2.24) is 5.32 Å². The number of benzene rings is 1. The maximum Gasteiger partial charge on any atom is 0.407 e. The molecule has 4 nitrogen and oxygen atoms in total. The first-order valence-corrected chi connectivity index (χ1v) is 5.02. The maximum atomic E-state index is 11.0. The Kier molecular flexibility index (Phi) is 2.87. The number of hydrogen-bond acceptors (Lipinski definition) is 3. The van der Waals surface area contributed by atoms with E-state index in [9.17, 15) is 4.79 Å². The molecule has 0 saturated carbocycles. The fourth-order valence-electron chi connectivity index (χ4n) is 1.71. The average molecular weight is 206 g/mol. The molecule has 3 N–H and O–H groups in total. The van der Waals surface area contributed by atoms with Crippen molar-refractivity contribution in [3.05, 3.63) is 35.4 Å². The Morgan fingerprint density at radius 1 is 1.53 bits per heavy atom. The summed E-state index contributed by atoms with van der Waals surface area (Å²) < 4.78 is 4.81. The van der Waals surface area contributed by atoms with Gasteiger partial charge in [-0.1, -0.05) is 24.3 Å². The molecule has 1 aromatic carbocycles. The minimum Gasteiger partial charge on any atom is -0.449 e. The molecule has 2 rings (SSSR count). The highest BCUT2D eigenvalue weighted by Crippen LogP contribution is 2.20. The fraction of sp³-hybridized carbons (Fsp3) is 0.364. The minimum atomic E-state index is -0.343. The number of carbonyl (C=O) groups excluding carboxylic acids is 1. The third-order valence-corrected chi connectivity index (χ3v) is 2.52. The second-order valence-electron chi connectivity index (χ2n) is 3.57. The number of carbonyl (C=O) groups is 1. The number of amides is 1. The molecule has 0 bridgehead atoms. The number of alkyl carbamates (subject to hydrolysis) is 1. The Labute approximate surface area is 88.4 Å². The Morgan fingerprint density at radius 2 is 2.40 bits per heavy atom. The summed E-state index contributed by atoms with van der Waals surface area (Å²) in [6.07, 6.45) is 0.462. The standard InChI is InChI=1S/C11H14N2O2/c12-7-8-2-1-3-9(6-8)10-4-5-15-11(14)13-10/h1-3,6,10H,4-5,7,12H2,(H,13,14). The molecule has 1 unspecified atom stereocenters. The first-order chi connectivity index (χ1) is 7.29. The number of cyclic esters (lactones) is 1. The molecule has 0 radical (unpaired) electrons. The van der Waals surface area contributed by atoms with Crippen LogP contribution in [-0.2, 0) is 11.3 Å². The van der Waals surface area contributed by atoms with Gasteiger partial charge in [0.1, 0.15) is 0 Å². The third kappa shape index (κ3) is 2.27. The highest BCUT2D eigenvalue weighted by Gasteiger charge is 2.20. The smallest absolute Gasteiger partial charge is 0.407 e. The van der Waals surface area contributed by atoms with Crippen LogP contribution in [0.1, 0.15) is 23.6 Å². The van der Waals surface area contributed by atoms with Gasteiger partial charge in [-0.25, -0.2) is 4.79 Å². The number of rotatable bonds is 2. The Balaban J connectivity index is 2.17. The highest BCUT2D eigenvalue weighted by atomic mass is 16.5. The molecule has 0 aliphatic carbocycles. The van der Waals surface area contributed by atoms with E-state index in [2.05, 4.69) is 5.32 Å². The summed E-state index contributed by atoms with van der Waals surface area (Å²) in [5, 5.41) is 2.78. The molecule has 1 fully saturated rings. The van der Waals surface area contributed by atoms with Crippen LogP contribution in [0, 0.1) is 0 Å². The summed E-state index contributed by atoms with van der Waals surface area (Å²) in [5.41, 5.74) is 7.73. The van der Waals surface area contributed by atoms with Crippen LogP contribution in [0.15, 0.2) is 24.3 Å². The summed E-state index contributed by atoms with van der Waals surface area (Å²) in [6, 6.07) is 8.01. The third-order valence-electron chi connectivity index (χ3n) is 2.52. The van der Waals surface area contributed by atoms with Gasteiger partial charge in [0, 0.05) is 13.0 Å². The number of nitrogens with one attached hydrogen (secondary N) is 1. The molecule has 4 heteroatoms. The van der Waals surface area contributed by atoms with Gasteiger partial charge in [-0.15, -0.1) is 0 Å². The van der Waals surface area contributed by atoms with Crippen molar-refractivity contribution in [3.63, 3.8) is 0 Å². The van der Waals surface area contributed by atoms with Crippen LogP contribution in [0.2, 0.25) is 0 Å². The number of hydrogen-bond donors (Lipinski definition) is 2. The van der Waals surface area contributed by atoms with Gasteiger partial charge in [-0.2, -0.15) is 0 Å². The summed E-state index contributed by atoms with van der Waals surface area (Å²) in [7, 11) is 0. The van der Waals surface area contributed by atoms with E-state index in [1.165, 1.54) is 0 Å². The van der Waals surface area contributed by atoms with E-state index in [0.29, 0.717) is 13.2 Å². The van der Waals surface area contributed by atoms with Crippen molar-refractivity contribution in [2.24, 2.45) is 5.73 Å². The predicted octanol–water partition coefficient (Wildman–Crippen LogP) is 1.32. The number of ether oxygens (including phenoxy) is 1. The predicted molar refractivity (Wildman–Crippen MR) is 56.2 cm³/mol. The average Bonchev–Trinajstić information content (AvgIpc) is 2.29. The maximum absolute atomic E-state index is 11.0. The van der Waals surface area contributed by atoms with Gasteiger partial charge in [-0.05, 0) is 11.1 Å². The molecular formula is C11H14N2O2. The fourth-order valence-corrected chi connectivity index (χ4v) is 1.71. The van der Waals surface area contributed by atoms with Crippen LogP contribution in [0.5, 0.6) is 0 Å².